The maximum absolute atomic E-state index is 12.5. The number of hydrogen-bond donors (Lipinski definition) is 1. The van der Waals surface area contributed by atoms with Gasteiger partial charge in [0.25, 0.3) is 5.56 Å². The van der Waals surface area contributed by atoms with Crippen molar-refractivity contribution in [3.8, 4) is 0 Å². The van der Waals surface area contributed by atoms with Crippen LogP contribution in [0, 0.1) is 0 Å². The van der Waals surface area contributed by atoms with Crippen LogP contribution in [0.1, 0.15) is 65.8 Å². The summed E-state index contributed by atoms with van der Waals surface area (Å²) in [5.41, 5.74) is 0.149. The summed E-state index contributed by atoms with van der Waals surface area (Å²) >= 11 is 0. The summed E-state index contributed by atoms with van der Waals surface area (Å²) in [6, 6.07) is 3.78. The molecule has 1 rings (SSSR count). The second kappa shape index (κ2) is 4.54. The van der Waals surface area contributed by atoms with Crippen LogP contribution in [0.3, 0.4) is 0 Å². The molecule has 0 aliphatic carbocycles. The standard InChI is InChI=1S/C15H25NO2/c1-10(2)16-12(14(3,4)5)9-8-11(13(16)17)15(6,7)18/h8-10,18H,1-7H3. The smallest absolute Gasteiger partial charge is 0.257 e. The molecule has 0 atom stereocenters. The fourth-order valence-electron chi connectivity index (χ4n) is 2.14. The molecule has 0 bridgehead atoms. The van der Waals surface area contributed by atoms with E-state index in [-0.39, 0.29) is 17.0 Å². The number of hydrogen-bond acceptors (Lipinski definition) is 2. The van der Waals surface area contributed by atoms with Crippen LogP contribution < -0.4 is 5.56 Å². The van der Waals surface area contributed by atoms with Gasteiger partial charge >= 0.3 is 0 Å². The lowest BCUT2D eigenvalue weighted by atomic mass is 9.89. The van der Waals surface area contributed by atoms with E-state index in [1.54, 1.807) is 24.5 Å². The molecule has 1 aromatic rings. The fourth-order valence-corrected chi connectivity index (χ4v) is 2.14. The minimum Gasteiger partial charge on any atom is -0.386 e. The lowest BCUT2D eigenvalue weighted by Gasteiger charge is -2.28. The molecule has 1 heterocycles. The highest BCUT2D eigenvalue weighted by atomic mass is 16.3. The molecule has 0 spiro atoms. The van der Waals surface area contributed by atoms with Gasteiger partial charge in [-0.05, 0) is 39.8 Å². The molecule has 0 radical (unpaired) electrons. The second-order valence-electron chi connectivity index (χ2n) is 6.71. The fraction of sp³-hybridized carbons (Fsp3) is 0.667. The number of aromatic nitrogens is 1. The summed E-state index contributed by atoms with van der Waals surface area (Å²) in [6.07, 6.45) is 0. The Bertz CT molecular complexity index is 485. The Hall–Kier alpha value is -1.09. The summed E-state index contributed by atoms with van der Waals surface area (Å²) in [5, 5.41) is 10.1. The first-order chi connectivity index (χ1) is 7.96. The van der Waals surface area contributed by atoms with E-state index in [2.05, 4.69) is 20.8 Å². The van der Waals surface area contributed by atoms with Crippen molar-refractivity contribution in [2.24, 2.45) is 0 Å². The molecule has 0 unspecified atom stereocenters. The summed E-state index contributed by atoms with van der Waals surface area (Å²) in [4.78, 5) is 12.5. The van der Waals surface area contributed by atoms with Gasteiger partial charge in [0.2, 0.25) is 0 Å². The summed E-state index contributed by atoms with van der Waals surface area (Å²) < 4.78 is 1.79. The van der Waals surface area contributed by atoms with Crippen LogP contribution in [0.25, 0.3) is 0 Å². The average molecular weight is 251 g/mol. The van der Waals surface area contributed by atoms with Gasteiger partial charge in [-0.1, -0.05) is 20.8 Å². The molecule has 0 saturated carbocycles. The lowest BCUT2D eigenvalue weighted by molar-refractivity contribution is 0.0762. The van der Waals surface area contributed by atoms with E-state index in [9.17, 15) is 9.90 Å². The predicted octanol–water partition coefficient (Wildman–Crippen LogP) is 2.95. The monoisotopic (exact) mass is 251 g/mol. The van der Waals surface area contributed by atoms with E-state index in [4.69, 9.17) is 0 Å². The molecule has 0 fully saturated rings. The molecule has 0 aliphatic rings. The van der Waals surface area contributed by atoms with E-state index in [1.165, 1.54) is 0 Å². The van der Waals surface area contributed by atoms with Crippen molar-refractivity contribution in [1.82, 2.24) is 4.57 Å². The Labute approximate surface area is 109 Å². The SMILES string of the molecule is CC(C)n1c(C(C)(C)C)ccc(C(C)(C)O)c1=O. The Kier molecular flexibility index (Phi) is 3.78. The molecule has 102 valence electrons. The Morgan fingerprint density at radius 3 is 1.94 bits per heavy atom. The van der Waals surface area contributed by atoms with Gasteiger partial charge in [-0.2, -0.15) is 0 Å². The highest BCUT2D eigenvalue weighted by Crippen LogP contribution is 2.25. The van der Waals surface area contributed by atoms with Crippen molar-refractivity contribution < 1.29 is 5.11 Å². The van der Waals surface area contributed by atoms with Crippen molar-refractivity contribution in [2.75, 3.05) is 0 Å². The maximum atomic E-state index is 12.5. The highest BCUT2D eigenvalue weighted by Gasteiger charge is 2.26. The van der Waals surface area contributed by atoms with E-state index >= 15 is 0 Å². The highest BCUT2D eigenvalue weighted by molar-refractivity contribution is 5.25. The predicted molar refractivity (Wildman–Crippen MR) is 75.0 cm³/mol. The van der Waals surface area contributed by atoms with Crippen LogP contribution >= 0.6 is 0 Å². The molecule has 0 aromatic carbocycles. The average Bonchev–Trinajstić information content (AvgIpc) is 2.12. The zero-order chi connectivity index (χ0) is 14.3. The van der Waals surface area contributed by atoms with Gasteiger partial charge in [-0.15, -0.1) is 0 Å². The molecule has 3 heteroatoms. The van der Waals surface area contributed by atoms with Gasteiger partial charge in [0.05, 0.1) is 5.60 Å². The third-order valence-corrected chi connectivity index (χ3v) is 3.06. The molecule has 1 N–H and O–H groups in total. The number of pyridine rings is 1. The first-order valence-electron chi connectivity index (χ1n) is 6.45. The molecule has 0 amide bonds. The first kappa shape index (κ1) is 15.0. The Balaban J connectivity index is 3.65. The van der Waals surface area contributed by atoms with Crippen LogP contribution in [0.4, 0.5) is 0 Å². The molecular formula is C15H25NO2. The van der Waals surface area contributed by atoms with Crippen LogP contribution in [0.2, 0.25) is 0 Å². The van der Waals surface area contributed by atoms with Gasteiger partial charge in [0.1, 0.15) is 0 Å². The summed E-state index contributed by atoms with van der Waals surface area (Å²) in [6.45, 7) is 13.5. The molecule has 1 aromatic heterocycles. The van der Waals surface area contributed by atoms with Crippen LogP contribution in [0.15, 0.2) is 16.9 Å². The normalized spacial score (nSPS) is 13.2. The molecule has 0 aliphatic heterocycles. The van der Waals surface area contributed by atoms with Crippen molar-refractivity contribution in [3.05, 3.63) is 33.7 Å². The molecule has 18 heavy (non-hydrogen) atoms. The van der Waals surface area contributed by atoms with E-state index < -0.39 is 5.60 Å². The quantitative estimate of drug-likeness (QED) is 0.878. The van der Waals surface area contributed by atoms with Gasteiger partial charge < -0.3 is 9.67 Å². The maximum Gasteiger partial charge on any atom is 0.257 e. The van der Waals surface area contributed by atoms with Crippen molar-refractivity contribution in [2.45, 2.75) is 65.5 Å². The second-order valence-corrected chi connectivity index (χ2v) is 6.71. The number of nitrogens with zero attached hydrogens (tertiary/aromatic N) is 1. The topological polar surface area (TPSA) is 42.2 Å². The van der Waals surface area contributed by atoms with Gasteiger partial charge in [0, 0.05) is 22.7 Å². The van der Waals surface area contributed by atoms with Crippen LogP contribution in [0.5, 0.6) is 0 Å². The van der Waals surface area contributed by atoms with E-state index in [0.29, 0.717) is 5.56 Å². The lowest BCUT2D eigenvalue weighted by Crippen LogP contribution is -2.37. The van der Waals surface area contributed by atoms with Crippen molar-refractivity contribution >= 4 is 0 Å². The van der Waals surface area contributed by atoms with Gasteiger partial charge in [0.15, 0.2) is 0 Å². The summed E-state index contributed by atoms with van der Waals surface area (Å²) in [5.74, 6) is 0. The third-order valence-electron chi connectivity index (χ3n) is 3.06. The minimum atomic E-state index is -1.11. The minimum absolute atomic E-state index is 0.0778. The number of aliphatic hydroxyl groups is 1. The van der Waals surface area contributed by atoms with E-state index in [0.717, 1.165) is 5.69 Å². The van der Waals surface area contributed by atoms with Gasteiger partial charge in [-0.25, -0.2) is 0 Å². The van der Waals surface area contributed by atoms with Gasteiger partial charge in [-0.3, -0.25) is 4.79 Å². The summed E-state index contributed by atoms with van der Waals surface area (Å²) in [7, 11) is 0. The zero-order valence-electron chi connectivity index (χ0n) is 12.5. The molecule has 3 nitrogen and oxygen atoms in total. The Morgan fingerprint density at radius 2 is 1.61 bits per heavy atom. The molecule has 0 saturated heterocycles. The number of rotatable bonds is 2. The zero-order valence-corrected chi connectivity index (χ0v) is 12.5. The van der Waals surface area contributed by atoms with Crippen molar-refractivity contribution in [1.29, 1.82) is 0 Å². The molecular weight excluding hydrogens is 226 g/mol. The Morgan fingerprint density at radius 1 is 1.11 bits per heavy atom. The van der Waals surface area contributed by atoms with Crippen LogP contribution in [-0.2, 0) is 11.0 Å². The van der Waals surface area contributed by atoms with Crippen LogP contribution in [-0.4, -0.2) is 9.67 Å². The van der Waals surface area contributed by atoms with E-state index in [1.807, 2.05) is 19.9 Å². The largest absolute Gasteiger partial charge is 0.386 e. The van der Waals surface area contributed by atoms with Crippen molar-refractivity contribution in [3.63, 3.8) is 0 Å². The third kappa shape index (κ3) is 2.83. The first-order valence-corrected chi connectivity index (χ1v) is 6.45.